The Balaban J connectivity index is 1.49. The number of ether oxygens (including phenoxy) is 2. The number of carbonyl (C=O) groups is 2. The van der Waals surface area contributed by atoms with Crippen molar-refractivity contribution in [2.45, 2.75) is 32.5 Å². The number of nitrogens with one attached hydrogen (secondary N) is 1. The molecule has 0 aromatic heterocycles. The second-order valence-electron chi connectivity index (χ2n) is 7.98. The van der Waals surface area contributed by atoms with Crippen LogP contribution in [0.3, 0.4) is 0 Å². The lowest BCUT2D eigenvalue weighted by molar-refractivity contribution is -0.138. The van der Waals surface area contributed by atoms with Crippen molar-refractivity contribution in [2.75, 3.05) is 12.4 Å². The maximum atomic E-state index is 13.1. The molecule has 0 bridgehead atoms. The monoisotopic (exact) mass is 448 g/mol. The molecule has 3 aromatic rings. The molecule has 3 aromatic carbocycles. The lowest BCUT2D eigenvalue weighted by atomic mass is 10.1. The van der Waals surface area contributed by atoms with Crippen molar-refractivity contribution in [1.29, 1.82) is 0 Å². The summed E-state index contributed by atoms with van der Waals surface area (Å²) in [5.74, 6) is 0.709. The fraction of sp³-hybridized carbons (Fsp3) is 0.231. The van der Waals surface area contributed by atoms with Crippen molar-refractivity contribution in [3.63, 3.8) is 0 Å². The molecule has 33 heavy (non-hydrogen) atoms. The summed E-state index contributed by atoms with van der Waals surface area (Å²) in [5, 5.41) is 2.87. The van der Waals surface area contributed by atoms with Crippen LogP contribution in [0.5, 0.6) is 11.5 Å². The topological polar surface area (TPSA) is 67.9 Å². The minimum Gasteiger partial charge on any atom is -0.497 e. The molecule has 0 saturated carbocycles. The quantitative estimate of drug-likeness (QED) is 0.610. The minimum absolute atomic E-state index is 0.107. The lowest BCUT2D eigenvalue weighted by Crippen LogP contribution is -2.37. The van der Waals surface area contributed by atoms with Crippen LogP contribution in [0.4, 0.5) is 10.1 Å². The van der Waals surface area contributed by atoms with Gasteiger partial charge in [0, 0.05) is 24.3 Å². The number of benzene rings is 3. The van der Waals surface area contributed by atoms with Crippen LogP contribution >= 0.6 is 0 Å². The Kier molecular flexibility index (Phi) is 6.58. The van der Waals surface area contributed by atoms with Crippen LogP contribution in [0.25, 0.3) is 0 Å². The van der Waals surface area contributed by atoms with Gasteiger partial charge in [0.15, 0.2) is 6.10 Å². The highest BCUT2D eigenvalue weighted by Gasteiger charge is 2.28. The number of hydrogen-bond acceptors (Lipinski definition) is 4. The Bertz CT molecular complexity index is 1150. The van der Waals surface area contributed by atoms with E-state index in [0.29, 0.717) is 24.5 Å². The SMILES string of the molecule is COc1ccc(CN2Cc3cc(NC(=O)Cc4ccc(F)cc4)ccc3O[C@@H](C)C2=O)cc1. The summed E-state index contributed by atoms with van der Waals surface area (Å²) in [6.45, 7) is 2.51. The molecular weight excluding hydrogens is 423 g/mol. The van der Waals surface area contributed by atoms with E-state index in [0.717, 1.165) is 22.4 Å². The number of rotatable bonds is 6. The van der Waals surface area contributed by atoms with Gasteiger partial charge in [0.2, 0.25) is 5.91 Å². The van der Waals surface area contributed by atoms with E-state index in [1.165, 1.54) is 12.1 Å². The van der Waals surface area contributed by atoms with E-state index in [9.17, 15) is 14.0 Å². The minimum atomic E-state index is -0.622. The number of amides is 2. The maximum absolute atomic E-state index is 13.1. The average Bonchev–Trinajstić information content (AvgIpc) is 2.92. The first-order valence-electron chi connectivity index (χ1n) is 10.7. The van der Waals surface area contributed by atoms with Crippen LogP contribution in [0.1, 0.15) is 23.6 Å². The van der Waals surface area contributed by atoms with Crippen molar-refractivity contribution in [2.24, 2.45) is 0 Å². The summed E-state index contributed by atoms with van der Waals surface area (Å²) >= 11 is 0. The third kappa shape index (κ3) is 5.49. The van der Waals surface area contributed by atoms with Gasteiger partial charge >= 0.3 is 0 Å². The van der Waals surface area contributed by atoms with Gasteiger partial charge in [-0.25, -0.2) is 4.39 Å². The smallest absolute Gasteiger partial charge is 0.263 e. The van der Waals surface area contributed by atoms with E-state index in [1.54, 1.807) is 43.2 Å². The van der Waals surface area contributed by atoms with Gasteiger partial charge in [-0.1, -0.05) is 24.3 Å². The van der Waals surface area contributed by atoms with E-state index >= 15 is 0 Å². The number of methoxy groups -OCH3 is 1. The Morgan fingerprint density at radius 1 is 1.09 bits per heavy atom. The molecule has 7 heteroatoms. The first-order valence-corrected chi connectivity index (χ1v) is 10.7. The Hall–Kier alpha value is -3.87. The molecule has 4 rings (SSSR count). The summed E-state index contributed by atoms with van der Waals surface area (Å²) in [7, 11) is 1.61. The highest BCUT2D eigenvalue weighted by Crippen LogP contribution is 2.29. The second-order valence-corrected chi connectivity index (χ2v) is 7.98. The molecule has 6 nitrogen and oxygen atoms in total. The van der Waals surface area contributed by atoms with Crippen molar-refractivity contribution < 1.29 is 23.5 Å². The maximum Gasteiger partial charge on any atom is 0.263 e. The average molecular weight is 448 g/mol. The standard InChI is InChI=1S/C26H25FN2O4/c1-17-26(31)29(15-19-5-10-23(32-2)11-6-19)16-20-14-22(9-12-24(20)33-17)28-25(30)13-18-3-7-21(27)8-4-18/h3-12,14,17H,13,15-16H2,1-2H3,(H,28,30)/t17-/m0/s1. The third-order valence-electron chi connectivity index (χ3n) is 5.48. The zero-order chi connectivity index (χ0) is 23.4. The van der Waals surface area contributed by atoms with Crippen molar-refractivity contribution >= 4 is 17.5 Å². The molecule has 170 valence electrons. The van der Waals surface area contributed by atoms with Gasteiger partial charge in [-0.05, 0) is 60.5 Å². The Morgan fingerprint density at radius 2 is 1.79 bits per heavy atom. The van der Waals surface area contributed by atoms with Gasteiger partial charge in [0.1, 0.15) is 17.3 Å². The molecule has 0 aliphatic carbocycles. The molecule has 1 aliphatic heterocycles. The van der Waals surface area contributed by atoms with Gasteiger partial charge in [-0.2, -0.15) is 0 Å². The van der Waals surface area contributed by atoms with Gasteiger partial charge in [-0.3, -0.25) is 9.59 Å². The zero-order valence-corrected chi connectivity index (χ0v) is 18.5. The van der Waals surface area contributed by atoms with Crippen molar-refractivity contribution in [1.82, 2.24) is 4.90 Å². The first-order chi connectivity index (χ1) is 15.9. The fourth-order valence-electron chi connectivity index (χ4n) is 3.76. The van der Waals surface area contributed by atoms with Crippen LogP contribution < -0.4 is 14.8 Å². The predicted octanol–water partition coefficient (Wildman–Crippen LogP) is 4.33. The summed E-state index contributed by atoms with van der Waals surface area (Å²) in [6, 6.07) is 18.8. The fourth-order valence-corrected chi connectivity index (χ4v) is 3.76. The molecule has 0 saturated heterocycles. The normalized spacial score (nSPS) is 15.3. The lowest BCUT2D eigenvalue weighted by Gasteiger charge is -2.22. The number of hydrogen-bond donors (Lipinski definition) is 1. The molecule has 1 aliphatic rings. The summed E-state index contributed by atoms with van der Waals surface area (Å²) in [6.07, 6.45) is -0.490. The van der Waals surface area contributed by atoms with Gasteiger partial charge in [0.25, 0.3) is 5.91 Å². The van der Waals surface area contributed by atoms with Crippen molar-refractivity contribution in [3.05, 3.63) is 89.2 Å². The Labute approximate surface area is 191 Å². The van der Waals surface area contributed by atoms with Gasteiger partial charge in [-0.15, -0.1) is 0 Å². The number of anilines is 1. The van der Waals surface area contributed by atoms with E-state index in [1.807, 2.05) is 30.3 Å². The third-order valence-corrected chi connectivity index (χ3v) is 5.48. The van der Waals surface area contributed by atoms with Crippen LogP contribution in [0, 0.1) is 5.82 Å². The van der Waals surface area contributed by atoms with E-state index < -0.39 is 6.10 Å². The highest BCUT2D eigenvalue weighted by molar-refractivity contribution is 5.92. The van der Waals surface area contributed by atoms with Gasteiger partial charge in [0.05, 0.1) is 13.5 Å². The van der Waals surface area contributed by atoms with Crippen LogP contribution in [-0.2, 0) is 29.1 Å². The summed E-state index contributed by atoms with van der Waals surface area (Å²) in [4.78, 5) is 27.1. The second kappa shape index (κ2) is 9.73. The molecule has 0 spiro atoms. The Morgan fingerprint density at radius 3 is 2.48 bits per heavy atom. The van der Waals surface area contributed by atoms with Crippen LogP contribution in [-0.4, -0.2) is 29.9 Å². The molecule has 2 amide bonds. The van der Waals surface area contributed by atoms with Gasteiger partial charge < -0.3 is 19.7 Å². The van der Waals surface area contributed by atoms with E-state index in [-0.39, 0.29) is 24.1 Å². The van der Waals surface area contributed by atoms with E-state index in [2.05, 4.69) is 5.32 Å². The molecule has 1 N–H and O–H groups in total. The molecule has 0 fully saturated rings. The number of halogens is 1. The summed E-state index contributed by atoms with van der Waals surface area (Å²) < 4.78 is 24.2. The number of fused-ring (bicyclic) bond motifs is 1. The molecule has 1 heterocycles. The first kappa shape index (κ1) is 22.3. The largest absolute Gasteiger partial charge is 0.497 e. The molecule has 0 radical (unpaired) electrons. The highest BCUT2D eigenvalue weighted by atomic mass is 19.1. The van der Waals surface area contributed by atoms with Crippen LogP contribution in [0.2, 0.25) is 0 Å². The zero-order valence-electron chi connectivity index (χ0n) is 18.5. The summed E-state index contributed by atoms with van der Waals surface area (Å²) in [5.41, 5.74) is 3.11. The van der Waals surface area contributed by atoms with Crippen LogP contribution in [0.15, 0.2) is 66.7 Å². The number of carbonyl (C=O) groups excluding carboxylic acids is 2. The molecule has 0 unspecified atom stereocenters. The number of nitrogens with zero attached hydrogens (tertiary/aromatic N) is 1. The molecular formula is C26H25FN2O4. The van der Waals surface area contributed by atoms with Crippen molar-refractivity contribution in [3.8, 4) is 11.5 Å². The molecule has 1 atom stereocenters. The van der Waals surface area contributed by atoms with E-state index in [4.69, 9.17) is 9.47 Å². The predicted molar refractivity (Wildman–Crippen MR) is 123 cm³/mol.